The van der Waals surface area contributed by atoms with Crippen LogP contribution in [-0.2, 0) is 6.54 Å². The first-order valence-corrected chi connectivity index (χ1v) is 7.66. The van der Waals surface area contributed by atoms with Crippen molar-refractivity contribution in [1.82, 2.24) is 15.3 Å². The molecule has 122 valence electrons. The largest absolute Gasteiger partial charge is 0.497 e. The molecule has 0 amide bonds. The SMILES string of the molecule is COc1ccc(CN[C@H]2[C@H](O)[C@H](O)C[C@@H]2c2cncnc2)cc1. The van der Waals surface area contributed by atoms with Gasteiger partial charge in [-0.2, -0.15) is 0 Å². The molecule has 1 aromatic carbocycles. The van der Waals surface area contributed by atoms with Gasteiger partial charge in [0, 0.05) is 30.9 Å². The average Bonchev–Trinajstić information content (AvgIpc) is 2.89. The Hall–Kier alpha value is -2.02. The van der Waals surface area contributed by atoms with Gasteiger partial charge in [0.1, 0.15) is 12.1 Å². The van der Waals surface area contributed by atoms with E-state index in [0.717, 1.165) is 16.9 Å². The van der Waals surface area contributed by atoms with E-state index in [1.54, 1.807) is 19.5 Å². The number of methoxy groups -OCH3 is 1. The standard InChI is InChI=1S/C17H21N3O3/c1-23-13-4-2-11(3-5-13)7-20-16-14(6-15(21)17(16)22)12-8-18-10-19-9-12/h2-5,8-10,14-17,20-22H,6-7H2,1H3/t14-,15-,16-,17-/m1/s1. The summed E-state index contributed by atoms with van der Waals surface area (Å²) in [6.45, 7) is 0.600. The summed E-state index contributed by atoms with van der Waals surface area (Å²) in [4.78, 5) is 8.07. The topological polar surface area (TPSA) is 87.5 Å². The zero-order valence-electron chi connectivity index (χ0n) is 13.0. The Morgan fingerprint density at radius 3 is 2.52 bits per heavy atom. The minimum absolute atomic E-state index is 0.0144. The lowest BCUT2D eigenvalue weighted by Gasteiger charge is -2.23. The fourth-order valence-electron chi connectivity index (χ4n) is 3.11. The molecule has 3 N–H and O–H groups in total. The van der Waals surface area contributed by atoms with Gasteiger partial charge in [-0.15, -0.1) is 0 Å². The predicted octanol–water partition coefficient (Wildman–Crippen LogP) is 0.853. The van der Waals surface area contributed by atoms with Crippen molar-refractivity contribution in [3.63, 3.8) is 0 Å². The van der Waals surface area contributed by atoms with E-state index in [1.165, 1.54) is 6.33 Å². The molecular formula is C17H21N3O3. The fourth-order valence-corrected chi connectivity index (χ4v) is 3.11. The Morgan fingerprint density at radius 2 is 1.87 bits per heavy atom. The van der Waals surface area contributed by atoms with E-state index < -0.39 is 12.2 Å². The number of rotatable bonds is 5. The molecule has 1 heterocycles. The Kier molecular flexibility index (Phi) is 4.85. The fraction of sp³-hybridized carbons (Fsp3) is 0.412. The first-order valence-electron chi connectivity index (χ1n) is 7.66. The number of hydrogen-bond acceptors (Lipinski definition) is 6. The molecule has 0 radical (unpaired) electrons. The second kappa shape index (κ2) is 7.04. The van der Waals surface area contributed by atoms with Crippen molar-refractivity contribution in [1.29, 1.82) is 0 Å². The molecule has 0 saturated heterocycles. The van der Waals surface area contributed by atoms with Crippen LogP contribution in [0.3, 0.4) is 0 Å². The molecule has 1 saturated carbocycles. The molecule has 0 aliphatic heterocycles. The van der Waals surface area contributed by atoms with Crippen LogP contribution in [0.2, 0.25) is 0 Å². The zero-order valence-corrected chi connectivity index (χ0v) is 13.0. The molecule has 1 aromatic heterocycles. The summed E-state index contributed by atoms with van der Waals surface area (Å²) in [5.41, 5.74) is 2.01. The normalized spacial score (nSPS) is 27.1. The molecule has 4 atom stereocenters. The number of ether oxygens (including phenoxy) is 1. The lowest BCUT2D eigenvalue weighted by molar-refractivity contribution is 0.0297. The van der Waals surface area contributed by atoms with Gasteiger partial charge in [-0.25, -0.2) is 9.97 Å². The first-order chi connectivity index (χ1) is 11.2. The van der Waals surface area contributed by atoms with Gasteiger partial charge in [0.25, 0.3) is 0 Å². The second-order valence-electron chi connectivity index (χ2n) is 5.83. The quantitative estimate of drug-likeness (QED) is 0.758. The average molecular weight is 315 g/mol. The molecule has 0 unspecified atom stereocenters. The molecule has 1 aliphatic rings. The van der Waals surface area contributed by atoms with Crippen LogP contribution in [0.5, 0.6) is 5.75 Å². The van der Waals surface area contributed by atoms with Gasteiger partial charge in [-0.1, -0.05) is 12.1 Å². The number of aliphatic hydroxyl groups is 2. The summed E-state index contributed by atoms with van der Waals surface area (Å²) in [7, 11) is 1.63. The van der Waals surface area contributed by atoms with Crippen molar-refractivity contribution < 1.29 is 14.9 Å². The van der Waals surface area contributed by atoms with Crippen LogP contribution in [-0.4, -0.2) is 45.5 Å². The van der Waals surface area contributed by atoms with Crippen LogP contribution in [0.4, 0.5) is 0 Å². The summed E-state index contributed by atoms with van der Waals surface area (Å²) >= 11 is 0. The summed E-state index contributed by atoms with van der Waals surface area (Å²) < 4.78 is 5.15. The van der Waals surface area contributed by atoms with Gasteiger partial charge in [0.15, 0.2) is 0 Å². The van der Waals surface area contributed by atoms with Crippen LogP contribution in [0.25, 0.3) is 0 Å². The molecular weight excluding hydrogens is 294 g/mol. The highest BCUT2D eigenvalue weighted by Gasteiger charge is 2.42. The van der Waals surface area contributed by atoms with Gasteiger partial charge in [0.2, 0.25) is 0 Å². The van der Waals surface area contributed by atoms with E-state index >= 15 is 0 Å². The minimum Gasteiger partial charge on any atom is -0.497 e. The highest BCUT2D eigenvalue weighted by atomic mass is 16.5. The van der Waals surface area contributed by atoms with E-state index in [9.17, 15) is 10.2 Å². The maximum Gasteiger partial charge on any atom is 0.118 e. The maximum absolute atomic E-state index is 10.3. The molecule has 6 heteroatoms. The molecule has 3 rings (SSSR count). The molecule has 1 aliphatic carbocycles. The van der Waals surface area contributed by atoms with E-state index in [1.807, 2.05) is 24.3 Å². The lowest BCUT2D eigenvalue weighted by atomic mass is 9.96. The van der Waals surface area contributed by atoms with Crippen LogP contribution in [0.15, 0.2) is 43.0 Å². The van der Waals surface area contributed by atoms with Crippen molar-refractivity contribution in [3.05, 3.63) is 54.1 Å². The monoisotopic (exact) mass is 315 g/mol. The van der Waals surface area contributed by atoms with E-state index in [4.69, 9.17) is 4.74 Å². The number of nitrogens with zero attached hydrogens (tertiary/aromatic N) is 2. The van der Waals surface area contributed by atoms with Crippen LogP contribution >= 0.6 is 0 Å². The summed E-state index contributed by atoms with van der Waals surface area (Å²) in [5.74, 6) is 0.795. The van der Waals surface area contributed by atoms with Gasteiger partial charge >= 0.3 is 0 Å². The van der Waals surface area contributed by atoms with Crippen LogP contribution in [0.1, 0.15) is 23.5 Å². The number of aliphatic hydroxyl groups excluding tert-OH is 2. The van der Waals surface area contributed by atoms with E-state index in [0.29, 0.717) is 13.0 Å². The zero-order chi connectivity index (χ0) is 16.2. The third-order valence-corrected chi connectivity index (χ3v) is 4.40. The van der Waals surface area contributed by atoms with E-state index in [2.05, 4.69) is 15.3 Å². The second-order valence-corrected chi connectivity index (χ2v) is 5.83. The highest BCUT2D eigenvalue weighted by Crippen LogP contribution is 2.34. The van der Waals surface area contributed by atoms with Crippen LogP contribution in [0, 0.1) is 0 Å². The van der Waals surface area contributed by atoms with Gasteiger partial charge in [-0.3, -0.25) is 0 Å². The summed E-state index contributed by atoms with van der Waals surface area (Å²) in [6, 6.07) is 7.52. The third kappa shape index (κ3) is 3.50. The predicted molar refractivity (Wildman–Crippen MR) is 85.0 cm³/mol. The van der Waals surface area contributed by atoms with Crippen molar-refractivity contribution >= 4 is 0 Å². The highest BCUT2D eigenvalue weighted by molar-refractivity contribution is 5.27. The summed E-state index contributed by atoms with van der Waals surface area (Å²) in [6.07, 6.45) is 3.90. The molecule has 6 nitrogen and oxygen atoms in total. The van der Waals surface area contributed by atoms with Crippen molar-refractivity contribution in [2.24, 2.45) is 0 Å². The van der Waals surface area contributed by atoms with Gasteiger partial charge in [0.05, 0.1) is 19.3 Å². The Morgan fingerprint density at radius 1 is 1.17 bits per heavy atom. The van der Waals surface area contributed by atoms with Gasteiger partial charge < -0.3 is 20.3 Å². The van der Waals surface area contributed by atoms with Gasteiger partial charge in [-0.05, 0) is 29.7 Å². The van der Waals surface area contributed by atoms with Crippen molar-refractivity contribution in [2.75, 3.05) is 7.11 Å². The first kappa shape index (κ1) is 15.9. The number of hydrogen-bond donors (Lipinski definition) is 3. The molecule has 0 bridgehead atoms. The molecule has 23 heavy (non-hydrogen) atoms. The lowest BCUT2D eigenvalue weighted by Crippen LogP contribution is -2.41. The number of nitrogens with one attached hydrogen (secondary N) is 1. The van der Waals surface area contributed by atoms with Crippen molar-refractivity contribution in [2.45, 2.75) is 37.1 Å². The summed E-state index contributed by atoms with van der Waals surface area (Å²) in [5, 5.41) is 23.7. The number of aromatic nitrogens is 2. The number of benzene rings is 1. The maximum atomic E-state index is 10.3. The Bertz CT molecular complexity index is 621. The molecule has 0 spiro atoms. The van der Waals surface area contributed by atoms with Crippen LogP contribution < -0.4 is 10.1 Å². The van der Waals surface area contributed by atoms with E-state index in [-0.39, 0.29) is 12.0 Å². The smallest absolute Gasteiger partial charge is 0.118 e. The Labute approximate surface area is 135 Å². The minimum atomic E-state index is -0.807. The molecule has 2 aromatic rings. The third-order valence-electron chi connectivity index (χ3n) is 4.40. The molecule has 1 fully saturated rings. The van der Waals surface area contributed by atoms with Crippen molar-refractivity contribution in [3.8, 4) is 5.75 Å². The Balaban J connectivity index is 1.70.